The maximum atomic E-state index is 13.0. The van der Waals surface area contributed by atoms with Gasteiger partial charge in [0.15, 0.2) is 12.2 Å². The van der Waals surface area contributed by atoms with Crippen molar-refractivity contribution in [2.24, 2.45) is 23.7 Å². The van der Waals surface area contributed by atoms with Crippen LogP contribution in [0, 0.1) is 23.7 Å². The Labute approximate surface area is 511 Å². The molecule has 0 aromatic carbocycles. The topological polar surface area (TPSA) is 237 Å². The first-order valence-electron chi connectivity index (χ1n) is 33.7. The molecule has 0 aromatic heterocycles. The van der Waals surface area contributed by atoms with E-state index in [1.54, 1.807) is 0 Å². The van der Waals surface area contributed by atoms with Gasteiger partial charge in [0.05, 0.1) is 26.4 Å². The Morgan fingerprint density at radius 3 is 0.738 bits per heavy atom. The maximum absolute atomic E-state index is 13.0. The minimum absolute atomic E-state index is 0.103. The van der Waals surface area contributed by atoms with E-state index in [1.165, 1.54) is 109 Å². The second kappa shape index (κ2) is 55.2. The van der Waals surface area contributed by atoms with Crippen LogP contribution in [-0.4, -0.2) is 96.7 Å². The van der Waals surface area contributed by atoms with Crippen molar-refractivity contribution in [2.45, 2.75) is 331 Å². The molecule has 0 amide bonds. The fourth-order valence-electron chi connectivity index (χ4n) is 9.61. The number of rotatable bonds is 62. The fourth-order valence-corrected chi connectivity index (χ4v) is 11.2. The molecular weight excluding hydrogens is 1110 g/mol. The Balaban J connectivity index is 5.25. The molecule has 0 fully saturated rings. The second-order valence-electron chi connectivity index (χ2n) is 25.4. The summed E-state index contributed by atoms with van der Waals surface area (Å²) in [6, 6.07) is 0. The first-order chi connectivity index (χ1) is 40.1. The van der Waals surface area contributed by atoms with Gasteiger partial charge in [0.1, 0.15) is 19.3 Å². The van der Waals surface area contributed by atoms with Crippen LogP contribution in [0.15, 0.2) is 0 Å². The molecular formula is C65H126O17P2. The molecule has 0 spiro atoms. The van der Waals surface area contributed by atoms with E-state index in [2.05, 4.69) is 55.4 Å². The number of hydrogen-bond acceptors (Lipinski definition) is 15. The summed E-state index contributed by atoms with van der Waals surface area (Å²) in [5.41, 5.74) is 0. The molecule has 17 nitrogen and oxygen atoms in total. The van der Waals surface area contributed by atoms with Crippen molar-refractivity contribution in [3.63, 3.8) is 0 Å². The number of ether oxygens (including phenoxy) is 4. The average Bonchev–Trinajstić information content (AvgIpc) is 3.58. The Kier molecular flexibility index (Phi) is 53.9. The van der Waals surface area contributed by atoms with E-state index in [9.17, 15) is 43.2 Å². The number of unbranched alkanes of at least 4 members (excludes halogenated alkanes) is 28. The van der Waals surface area contributed by atoms with Gasteiger partial charge < -0.3 is 33.8 Å². The quantitative estimate of drug-likeness (QED) is 0.0222. The zero-order chi connectivity index (χ0) is 62.5. The molecule has 0 aromatic rings. The summed E-state index contributed by atoms with van der Waals surface area (Å²) >= 11 is 0. The van der Waals surface area contributed by atoms with Crippen molar-refractivity contribution < 1.29 is 80.2 Å². The lowest BCUT2D eigenvalue weighted by molar-refractivity contribution is -0.161. The minimum Gasteiger partial charge on any atom is -0.462 e. The zero-order valence-corrected chi connectivity index (χ0v) is 56.3. The van der Waals surface area contributed by atoms with Crippen LogP contribution in [0.25, 0.3) is 0 Å². The average molecular weight is 1240 g/mol. The van der Waals surface area contributed by atoms with Gasteiger partial charge in [0, 0.05) is 25.7 Å². The monoisotopic (exact) mass is 1240 g/mol. The summed E-state index contributed by atoms with van der Waals surface area (Å²) in [7, 11) is -9.89. The van der Waals surface area contributed by atoms with Crippen molar-refractivity contribution >= 4 is 39.5 Å². The van der Waals surface area contributed by atoms with Crippen LogP contribution in [0.2, 0.25) is 0 Å². The molecule has 498 valence electrons. The van der Waals surface area contributed by atoms with E-state index in [-0.39, 0.29) is 25.7 Å². The first kappa shape index (κ1) is 82.1. The number of esters is 4. The van der Waals surface area contributed by atoms with Crippen molar-refractivity contribution in [1.82, 2.24) is 0 Å². The van der Waals surface area contributed by atoms with Crippen LogP contribution in [0.5, 0.6) is 0 Å². The Morgan fingerprint density at radius 2 is 0.500 bits per heavy atom. The number of phosphoric ester groups is 2. The summed E-state index contributed by atoms with van der Waals surface area (Å²) in [5.74, 6) is 0.738. The highest BCUT2D eigenvalue weighted by atomic mass is 31.2. The predicted molar refractivity (Wildman–Crippen MR) is 335 cm³/mol. The molecule has 0 saturated carbocycles. The molecule has 0 rings (SSSR count). The lowest BCUT2D eigenvalue weighted by Crippen LogP contribution is -2.30. The van der Waals surface area contributed by atoms with Crippen LogP contribution in [0.1, 0.15) is 312 Å². The van der Waals surface area contributed by atoms with Crippen molar-refractivity contribution in [3.05, 3.63) is 0 Å². The van der Waals surface area contributed by atoms with Crippen molar-refractivity contribution in [2.75, 3.05) is 39.6 Å². The summed E-state index contributed by atoms with van der Waals surface area (Å²) in [5, 5.41) is 10.5. The number of phosphoric acid groups is 2. The minimum atomic E-state index is -4.95. The highest BCUT2D eigenvalue weighted by molar-refractivity contribution is 7.47. The third-order valence-electron chi connectivity index (χ3n) is 14.8. The highest BCUT2D eigenvalue weighted by Gasteiger charge is 2.30. The molecule has 0 aliphatic carbocycles. The smallest absolute Gasteiger partial charge is 0.462 e. The maximum Gasteiger partial charge on any atom is 0.472 e. The number of aliphatic hydroxyl groups is 1. The first-order valence-corrected chi connectivity index (χ1v) is 36.7. The van der Waals surface area contributed by atoms with Gasteiger partial charge in [-0.2, -0.15) is 0 Å². The Morgan fingerprint density at radius 1 is 0.298 bits per heavy atom. The third-order valence-corrected chi connectivity index (χ3v) is 16.7. The van der Waals surface area contributed by atoms with Gasteiger partial charge in [-0.3, -0.25) is 37.3 Å². The predicted octanol–water partition coefficient (Wildman–Crippen LogP) is 17.8. The normalized spacial score (nSPS) is 14.4. The highest BCUT2D eigenvalue weighted by Crippen LogP contribution is 2.45. The SMILES string of the molecule is CC(C)CCCCCCCCCCCC(=O)OC[C@H](COP(=O)(O)OC[C@@H](O)COP(=O)(O)OC[C@@H](COC(=O)CCCCCCCCC(C)C)OC(=O)CCCCCCCCCCC(C)C)OC(=O)CCCCCCCCCCCC(C)C. The summed E-state index contributed by atoms with van der Waals surface area (Å²) in [6.45, 7) is 13.9. The van der Waals surface area contributed by atoms with Crippen LogP contribution in [0.4, 0.5) is 0 Å². The third kappa shape index (κ3) is 59.0. The number of hydrogen-bond donors (Lipinski definition) is 3. The standard InChI is InChI=1S/C65H126O17P2/c1-55(2)41-33-25-17-11-9-13-20-29-37-45-62(67)75-51-60(81-64(69)47-39-31-21-14-10-12-18-26-34-42-56(3)4)53-79-83(71,72)77-49-59(66)50-78-84(73,74)80-54-61(52-76-63(68)46-38-30-24-23-28-36-44-58(7)8)82-65(70)48-40-32-22-16-15-19-27-35-43-57(5)6/h55-61,66H,9-54H2,1-8H3,(H,71,72)(H,73,74)/t59-,60-,61-/m1/s1. The Hall–Kier alpha value is -1.94. The summed E-state index contributed by atoms with van der Waals surface area (Å²) in [6.07, 6.45) is 35.0. The second-order valence-corrected chi connectivity index (χ2v) is 28.3. The van der Waals surface area contributed by atoms with Crippen LogP contribution >= 0.6 is 15.6 Å². The molecule has 0 bridgehead atoms. The number of carbonyl (C=O) groups is 4. The lowest BCUT2D eigenvalue weighted by Gasteiger charge is -2.21. The lowest BCUT2D eigenvalue weighted by atomic mass is 10.0. The molecule has 0 saturated heterocycles. The van der Waals surface area contributed by atoms with E-state index in [1.807, 2.05) is 0 Å². The largest absolute Gasteiger partial charge is 0.472 e. The molecule has 5 atom stereocenters. The number of aliphatic hydroxyl groups excluding tert-OH is 1. The van der Waals surface area contributed by atoms with Crippen LogP contribution in [-0.2, 0) is 65.4 Å². The van der Waals surface area contributed by atoms with E-state index < -0.39 is 97.5 Å². The van der Waals surface area contributed by atoms with Gasteiger partial charge in [-0.15, -0.1) is 0 Å². The van der Waals surface area contributed by atoms with Crippen LogP contribution < -0.4 is 0 Å². The molecule has 0 aliphatic heterocycles. The van der Waals surface area contributed by atoms with Gasteiger partial charge in [-0.25, -0.2) is 9.13 Å². The van der Waals surface area contributed by atoms with E-state index >= 15 is 0 Å². The van der Waals surface area contributed by atoms with E-state index in [4.69, 9.17) is 37.0 Å². The number of carbonyl (C=O) groups excluding carboxylic acids is 4. The van der Waals surface area contributed by atoms with E-state index in [0.717, 1.165) is 114 Å². The van der Waals surface area contributed by atoms with Crippen molar-refractivity contribution in [1.29, 1.82) is 0 Å². The van der Waals surface area contributed by atoms with Gasteiger partial charge in [-0.05, 0) is 49.4 Å². The zero-order valence-electron chi connectivity index (χ0n) is 54.5. The summed E-state index contributed by atoms with van der Waals surface area (Å²) in [4.78, 5) is 72.2. The van der Waals surface area contributed by atoms with Gasteiger partial charge in [0.25, 0.3) is 0 Å². The summed E-state index contributed by atoms with van der Waals surface area (Å²) < 4.78 is 68.0. The molecule has 84 heavy (non-hydrogen) atoms. The molecule has 3 N–H and O–H groups in total. The van der Waals surface area contributed by atoms with Gasteiger partial charge in [0.2, 0.25) is 0 Å². The molecule has 2 unspecified atom stereocenters. The van der Waals surface area contributed by atoms with Crippen molar-refractivity contribution in [3.8, 4) is 0 Å². The molecule has 0 radical (unpaired) electrons. The molecule has 0 heterocycles. The molecule has 0 aliphatic rings. The van der Waals surface area contributed by atoms with Gasteiger partial charge >= 0.3 is 39.5 Å². The Bertz CT molecular complexity index is 1680. The van der Waals surface area contributed by atoms with E-state index in [0.29, 0.717) is 31.6 Å². The van der Waals surface area contributed by atoms with Gasteiger partial charge in [-0.1, -0.05) is 261 Å². The van der Waals surface area contributed by atoms with Crippen LogP contribution in [0.3, 0.4) is 0 Å². The molecule has 19 heteroatoms. The fraction of sp³-hybridized carbons (Fsp3) is 0.938.